The van der Waals surface area contributed by atoms with E-state index < -0.39 is 0 Å². The summed E-state index contributed by atoms with van der Waals surface area (Å²) in [5.41, 5.74) is 2.26. The molecule has 0 bridgehead atoms. The van der Waals surface area contributed by atoms with Gasteiger partial charge in [0.25, 0.3) is 0 Å². The quantitative estimate of drug-likeness (QED) is 0.419. The average molecular weight is 133 g/mol. The number of hydrogen-bond acceptors (Lipinski definition) is 1. The third kappa shape index (κ3) is 2.88. The molecule has 0 radical (unpaired) electrons. The zero-order valence-electron chi connectivity index (χ0n) is 6.44. The van der Waals surface area contributed by atoms with Gasteiger partial charge >= 0.3 is 0 Å². The lowest BCUT2D eigenvalue weighted by atomic mass is 10.1. The van der Waals surface area contributed by atoms with Crippen LogP contribution < -0.4 is 0 Å². The van der Waals surface area contributed by atoms with Crippen LogP contribution >= 0.6 is 0 Å². The van der Waals surface area contributed by atoms with Crippen LogP contribution in [-0.4, -0.2) is 0 Å². The third-order valence-electron chi connectivity index (χ3n) is 0.971. The lowest BCUT2D eigenvalue weighted by molar-refractivity contribution is 1.39. The molecule has 0 aliphatic rings. The summed E-state index contributed by atoms with van der Waals surface area (Å²) < 4.78 is 0. The zero-order chi connectivity index (χ0) is 8.15. The molecule has 0 aromatic rings. The van der Waals surface area contributed by atoms with Gasteiger partial charge in [-0.3, -0.25) is 0 Å². The van der Waals surface area contributed by atoms with Crippen LogP contribution in [0, 0.1) is 11.3 Å². The summed E-state index contributed by atoms with van der Waals surface area (Å²) in [6.07, 6.45) is 1.72. The van der Waals surface area contributed by atoms with Gasteiger partial charge < -0.3 is 0 Å². The predicted molar refractivity (Wildman–Crippen MR) is 43.3 cm³/mol. The minimum absolute atomic E-state index is 0.604. The second-order valence-corrected chi connectivity index (χ2v) is 2.30. The molecule has 0 atom stereocenters. The Morgan fingerprint density at radius 1 is 1.40 bits per heavy atom. The number of nitrogens with zero attached hydrogens (tertiary/aromatic N) is 1. The van der Waals surface area contributed by atoms with Crippen molar-refractivity contribution in [3.8, 4) is 6.07 Å². The number of allylic oxidation sites excluding steroid dienone is 4. The fourth-order valence-corrected chi connectivity index (χ4v) is 0.497. The summed E-state index contributed by atoms with van der Waals surface area (Å²) in [4.78, 5) is 0. The molecule has 0 fully saturated rings. The van der Waals surface area contributed by atoms with Crippen molar-refractivity contribution in [2.45, 2.75) is 13.8 Å². The smallest absolute Gasteiger partial charge is 0.0994 e. The largest absolute Gasteiger partial charge is 0.192 e. The van der Waals surface area contributed by atoms with Crippen molar-refractivity contribution in [2.24, 2.45) is 0 Å². The number of rotatable bonds is 2. The van der Waals surface area contributed by atoms with Gasteiger partial charge in [0.05, 0.1) is 11.6 Å². The van der Waals surface area contributed by atoms with Gasteiger partial charge in [-0.25, -0.2) is 0 Å². The van der Waals surface area contributed by atoms with Gasteiger partial charge in [-0.2, -0.15) is 5.26 Å². The van der Waals surface area contributed by atoms with E-state index in [-0.39, 0.29) is 0 Å². The minimum atomic E-state index is 0.604. The molecule has 0 N–H and O–H groups in total. The van der Waals surface area contributed by atoms with Crippen molar-refractivity contribution < 1.29 is 0 Å². The van der Waals surface area contributed by atoms with Crippen molar-refractivity contribution in [1.29, 1.82) is 5.26 Å². The molecule has 0 unspecified atom stereocenters. The molecule has 0 aromatic carbocycles. The highest BCUT2D eigenvalue weighted by Crippen LogP contribution is 2.07. The van der Waals surface area contributed by atoms with Crippen LogP contribution in [0.1, 0.15) is 13.8 Å². The molecule has 0 aromatic heterocycles. The van der Waals surface area contributed by atoms with Crippen molar-refractivity contribution in [3.05, 3.63) is 36.0 Å². The summed E-state index contributed by atoms with van der Waals surface area (Å²) in [5.74, 6) is 0. The van der Waals surface area contributed by atoms with E-state index in [9.17, 15) is 0 Å². The van der Waals surface area contributed by atoms with Crippen molar-refractivity contribution in [2.75, 3.05) is 0 Å². The summed E-state index contributed by atoms with van der Waals surface area (Å²) >= 11 is 0. The number of hydrogen-bond donors (Lipinski definition) is 0. The second kappa shape index (κ2) is 3.68. The fourth-order valence-electron chi connectivity index (χ4n) is 0.497. The minimum Gasteiger partial charge on any atom is -0.192 e. The summed E-state index contributed by atoms with van der Waals surface area (Å²) in [5, 5.41) is 8.53. The first kappa shape index (κ1) is 8.71. The highest BCUT2D eigenvalue weighted by atomic mass is 14.2. The molecular formula is C9H11N. The van der Waals surface area contributed by atoms with Crippen molar-refractivity contribution in [1.82, 2.24) is 0 Å². The molecule has 0 spiro atoms. The first-order valence-corrected chi connectivity index (χ1v) is 3.01. The van der Waals surface area contributed by atoms with Gasteiger partial charge in [0.1, 0.15) is 0 Å². The molecule has 0 aliphatic heterocycles. The molecule has 0 aliphatic carbocycles. The molecule has 10 heavy (non-hydrogen) atoms. The Bertz CT molecular complexity index is 226. The van der Waals surface area contributed by atoms with Crippen LogP contribution in [0.15, 0.2) is 36.0 Å². The lowest BCUT2D eigenvalue weighted by Gasteiger charge is -1.93. The Hall–Kier alpha value is -1.29. The van der Waals surface area contributed by atoms with Crippen LogP contribution in [0.5, 0.6) is 0 Å². The van der Waals surface area contributed by atoms with E-state index >= 15 is 0 Å². The summed E-state index contributed by atoms with van der Waals surface area (Å²) in [6, 6.07) is 2.03. The second-order valence-electron chi connectivity index (χ2n) is 2.30. The highest BCUT2D eigenvalue weighted by Gasteiger charge is 1.93. The third-order valence-corrected chi connectivity index (χ3v) is 0.971. The molecule has 0 heterocycles. The van der Waals surface area contributed by atoms with Crippen LogP contribution in [0.4, 0.5) is 0 Å². The van der Waals surface area contributed by atoms with E-state index in [4.69, 9.17) is 5.26 Å². The van der Waals surface area contributed by atoms with Gasteiger partial charge in [0, 0.05) is 0 Å². The van der Waals surface area contributed by atoms with Crippen LogP contribution in [0.3, 0.4) is 0 Å². The van der Waals surface area contributed by atoms with E-state index in [0.29, 0.717) is 5.57 Å². The first-order chi connectivity index (χ1) is 4.57. The fraction of sp³-hybridized carbons (Fsp3) is 0.222. The van der Waals surface area contributed by atoms with E-state index in [1.807, 2.05) is 13.0 Å². The Morgan fingerprint density at radius 2 is 1.90 bits per heavy atom. The van der Waals surface area contributed by atoms with Crippen molar-refractivity contribution in [3.63, 3.8) is 0 Å². The van der Waals surface area contributed by atoms with Crippen LogP contribution in [0.25, 0.3) is 0 Å². The maximum atomic E-state index is 8.53. The van der Waals surface area contributed by atoms with E-state index in [1.165, 1.54) is 0 Å². The summed E-state index contributed by atoms with van der Waals surface area (Å²) in [6.45, 7) is 11.0. The molecule has 52 valence electrons. The van der Waals surface area contributed by atoms with Crippen LogP contribution in [-0.2, 0) is 0 Å². The van der Waals surface area contributed by atoms with E-state index in [2.05, 4.69) is 13.2 Å². The Balaban J connectivity index is 4.55. The van der Waals surface area contributed by atoms with Gasteiger partial charge in [-0.05, 0) is 25.5 Å². The standard InChI is InChI=1S/C9H11N/c1-7(2)5-9(6-10)8(3)4/h5H,1,3H2,2,4H3/b9-5-. The Labute approximate surface area is 62.0 Å². The monoisotopic (exact) mass is 133 g/mol. The van der Waals surface area contributed by atoms with Gasteiger partial charge in [-0.15, -0.1) is 0 Å². The van der Waals surface area contributed by atoms with Crippen molar-refractivity contribution >= 4 is 0 Å². The normalized spacial score (nSPS) is 10.3. The Kier molecular flexibility index (Phi) is 3.21. The SMILES string of the molecule is C=C(C)/C=C(/C#N)C(=C)C. The molecule has 0 amide bonds. The predicted octanol–water partition coefficient (Wildman–Crippen LogP) is 2.59. The molecule has 0 saturated carbocycles. The maximum absolute atomic E-state index is 8.53. The number of nitriles is 1. The topological polar surface area (TPSA) is 23.8 Å². The van der Waals surface area contributed by atoms with Crippen LogP contribution in [0.2, 0.25) is 0 Å². The van der Waals surface area contributed by atoms with Gasteiger partial charge in [0.15, 0.2) is 0 Å². The molecule has 0 rings (SSSR count). The first-order valence-electron chi connectivity index (χ1n) is 3.01. The molecule has 0 saturated heterocycles. The van der Waals surface area contributed by atoms with Gasteiger partial charge in [0.2, 0.25) is 0 Å². The molecular weight excluding hydrogens is 122 g/mol. The van der Waals surface area contributed by atoms with E-state index in [1.54, 1.807) is 13.0 Å². The average Bonchev–Trinajstić information content (AvgIpc) is 1.81. The van der Waals surface area contributed by atoms with E-state index in [0.717, 1.165) is 11.1 Å². The molecule has 1 heteroatoms. The Morgan fingerprint density at radius 3 is 2.00 bits per heavy atom. The highest BCUT2D eigenvalue weighted by molar-refractivity contribution is 5.42. The maximum Gasteiger partial charge on any atom is 0.0994 e. The summed E-state index contributed by atoms with van der Waals surface area (Å²) in [7, 11) is 0. The lowest BCUT2D eigenvalue weighted by Crippen LogP contribution is -1.79. The van der Waals surface area contributed by atoms with Gasteiger partial charge in [-0.1, -0.05) is 18.7 Å². The molecule has 1 nitrogen and oxygen atoms in total. The zero-order valence-corrected chi connectivity index (χ0v) is 6.44.